The van der Waals surface area contributed by atoms with E-state index in [0.717, 1.165) is 23.4 Å². The number of anilines is 1. The number of nitrogens with one attached hydrogen (secondary N) is 1. The summed E-state index contributed by atoms with van der Waals surface area (Å²) in [5.41, 5.74) is 0.995. The van der Waals surface area contributed by atoms with Crippen LogP contribution in [0.3, 0.4) is 0 Å². The molecule has 1 heterocycles. The molecular formula is C24H20FN5O4S. The van der Waals surface area contributed by atoms with Gasteiger partial charge in [-0.1, -0.05) is 42.1 Å². The van der Waals surface area contributed by atoms with Gasteiger partial charge in [-0.15, -0.1) is 10.2 Å². The summed E-state index contributed by atoms with van der Waals surface area (Å²) in [5, 5.41) is 22.1. The number of para-hydroxylation sites is 1. The Morgan fingerprint density at radius 3 is 2.60 bits per heavy atom. The average molecular weight is 494 g/mol. The van der Waals surface area contributed by atoms with Gasteiger partial charge in [-0.2, -0.15) is 4.39 Å². The zero-order chi connectivity index (χ0) is 24.9. The van der Waals surface area contributed by atoms with Crippen molar-refractivity contribution in [2.75, 3.05) is 12.4 Å². The third kappa shape index (κ3) is 5.30. The lowest BCUT2D eigenvalue weighted by Crippen LogP contribution is -2.23. The number of hydrogen-bond donors (Lipinski definition) is 1. The summed E-state index contributed by atoms with van der Waals surface area (Å²) < 4.78 is 20.8. The van der Waals surface area contributed by atoms with Crippen molar-refractivity contribution in [3.05, 3.63) is 88.7 Å². The highest BCUT2D eigenvalue weighted by molar-refractivity contribution is 8.00. The number of carbonyl (C=O) groups excluding carboxylic acids is 1. The first-order valence-corrected chi connectivity index (χ1v) is 11.3. The zero-order valence-electron chi connectivity index (χ0n) is 18.7. The van der Waals surface area contributed by atoms with Crippen molar-refractivity contribution in [2.45, 2.75) is 17.3 Å². The van der Waals surface area contributed by atoms with Crippen LogP contribution in [-0.4, -0.2) is 38.0 Å². The maximum atomic E-state index is 13.6. The zero-order valence-corrected chi connectivity index (χ0v) is 19.5. The molecule has 4 rings (SSSR count). The molecule has 1 amide bonds. The highest BCUT2D eigenvalue weighted by Crippen LogP contribution is 2.32. The first-order valence-electron chi connectivity index (χ1n) is 10.4. The summed E-state index contributed by atoms with van der Waals surface area (Å²) in [7, 11) is 1.58. The fourth-order valence-corrected chi connectivity index (χ4v) is 4.16. The predicted molar refractivity (Wildman–Crippen MR) is 130 cm³/mol. The van der Waals surface area contributed by atoms with Gasteiger partial charge in [0.15, 0.2) is 11.0 Å². The van der Waals surface area contributed by atoms with Gasteiger partial charge in [0.05, 0.1) is 17.3 Å². The van der Waals surface area contributed by atoms with Gasteiger partial charge in [0, 0.05) is 23.0 Å². The summed E-state index contributed by atoms with van der Waals surface area (Å²) in [4.78, 5) is 23.0. The molecule has 1 unspecified atom stereocenters. The number of nitro groups is 1. The van der Waals surface area contributed by atoms with Gasteiger partial charge < -0.3 is 10.1 Å². The van der Waals surface area contributed by atoms with Crippen LogP contribution in [0.5, 0.6) is 5.75 Å². The van der Waals surface area contributed by atoms with Crippen molar-refractivity contribution in [1.29, 1.82) is 0 Å². The molecule has 3 aromatic carbocycles. The van der Waals surface area contributed by atoms with Crippen LogP contribution in [0, 0.1) is 15.9 Å². The van der Waals surface area contributed by atoms with Crippen molar-refractivity contribution >= 4 is 29.0 Å². The van der Waals surface area contributed by atoms with Crippen LogP contribution in [0.2, 0.25) is 0 Å². The van der Waals surface area contributed by atoms with Crippen molar-refractivity contribution < 1.29 is 18.8 Å². The van der Waals surface area contributed by atoms with E-state index in [0.29, 0.717) is 16.7 Å². The molecule has 0 fully saturated rings. The number of halogens is 1. The molecule has 4 aromatic rings. The molecule has 0 aliphatic carbocycles. The first kappa shape index (κ1) is 23.9. The monoisotopic (exact) mass is 493 g/mol. The standard InChI is InChI=1S/C24H20FN5O4S/c1-15(23(31)26-17-11-12-20(25)21(14-17)30(32)33)35-24-28-27-22(16-7-6-10-19(13-16)34-2)29(24)18-8-4-3-5-9-18/h3-15H,1-2H3,(H,26,31). The molecular weight excluding hydrogens is 473 g/mol. The molecule has 1 atom stereocenters. The van der Waals surface area contributed by atoms with Crippen LogP contribution in [0.25, 0.3) is 17.1 Å². The number of thioether (sulfide) groups is 1. The van der Waals surface area contributed by atoms with E-state index in [1.807, 2.05) is 59.2 Å². The normalized spacial score (nSPS) is 11.6. The largest absolute Gasteiger partial charge is 0.497 e. The minimum Gasteiger partial charge on any atom is -0.497 e. The molecule has 0 saturated carbocycles. The van der Waals surface area contributed by atoms with Gasteiger partial charge in [0.25, 0.3) is 0 Å². The minimum atomic E-state index is -0.976. The van der Waals surface area contributed by atoms with Crippen LogP contribution in [0.4, 0.5) is 15.8 Å². The summed E-state index contributed by atoms with van der Waals surface area (Å²) in [5.74, 6) is -0.169. The number of amides is 1. The number of benzene rings is 3. The number of nitrogens with zero attached hydrogens (tertiary/aromatic N) is 4. The molecule has 9 nitrogen and oxygen atoms in total. The van der Waals surface area contributed by atoms with Gasteiger partial charge in [0.1, 0.15) is 5.75 Å². The summed E-state index contributed by atoms with van der Waals surface area (Å²) in [6.07, 6.45) is 0. The number of nitro benzene ring substituents is 1. The molecule has 35 heavy (non-hydrogen) atoms. The van der Waals surface area contributed by atoms with Crippen LogP contribution in [-0.2, 0) is 4.79 Å². The highest BCUT2D eigenvalue weighted by atomic mass is 32.2. The van der Waals surface area contributed by atoms with Crippen molar-refractivity contribution in [3.63, 3.8) is 0 Å². The lowest BCUT2D eigenvalue weighted by Gasteiger charge is -2.14. The average Bonchev–Trinajstić information content (AvgIpc) is 3.29. The minimum absolute atomic E-state index is 0.122. The molecule has 1 N–H and O–H groups in total. The number of carbonyl (C=O) groups is 1. The van der Waals surface area contributed by atoms with Gasteiger partial charge in [-0.3, -0.25) is 19.5 Å². The predicted octanol–water partition coefficient (Wildman–Crippen LogP) is 5.11. The fourth-order valence-electron chi connectivity index (χ4n) is 3.29. The molecule has 0 radical (unpaired) electrons. The third-order valence-electron chi connectivity index (χ3n) is 5.04. The molecule has 178 valence electrons. The Kier molecular flexibility index (Phi) is 7.06. The van der Waals surface area contributed by atoms with E-state index < -0.39 is 27.6 Å². The summed E-state index contributed by atoms with van der Waals surface area (Å²) >= 11 is 1.17. The second-order valence-corrected chi connectivity index (χ2v) is 8.69. The molecule has 1 aromatic heterocycles. The Labute approximate surface area is 204 Å². The van der Waals surface area contributed by atoms with Crippen LogP contribution >= 0.6 is 11.8 Å². The van der Waals surface area contributed by atoms with Gasteiger partial charge in [-0.25, -0.2) is 0 Å². The topological polar surface area (TPSA) is 112 Å². The Morgan fingerprint density at radius 1 is 1.11 bits per heavy atom. The maximum absolute atomic E-state index is 13.6. The SMILES string of the molecule is COc1cccc(-c2nnc(SC(C)C(=O)Nc3ccc(F)c([N+](=O)[O-])c3)n2-c2ccccc2)c1. The van der Waals surface area contributed by atoms with E-state index in [1.165, 1.54) is 17.8 Å². The van der Waals surface area contributed by atoms with Gasteiger partial charge in [-0.05, 0) is 43.3 Å². The van der Waals surface area contributed by atoms with Crippen molar-refractivity contribution in [2.24, 2.45) is 0 Å². The number of ether oxygens (including phenoxy) is 1. The lowest BCUT2D eigenvalue weighted by atomic mass is 10.2. The first-order chi connectivity index (χ1) is 16.9. The van der Waals surface area contributed by atoms with E-state index in [4.69, 9.17) is 4.74 Å². The van der Waals surface area contributed by atoms with E-state index in [9.17, 15) is 19.3 Å². The molecule has 11 heteroatoms. The molecule has 0 bridgehead atoms. The van der Waals surface area contributed by atoms with Crippen LogP contribution < -0.4 is 10.1 Å². The molecule has 0 saturated heterocycles. The fraction of sp³-hybridized carbons (Fsp3) is 0.125. The number of aromatic nitrogens is 3. The number of hydrogen-bond acceptors (Lipinski definition) is 7. The second kappa shape index (κ2) is 10.3. The number of rotatable bonds is 8. The van der Waals surface area contributed by atoms with E-state index >= 15 is 0 Å². The van der Waals surface area contributed by atoms with Crippen LogP contribution in [0.1, 0.15) is 6.92 Å². The molecule has 0 aliphatic rings. The third-order valence-corrected chi connectivity index (χ3v) is 6.08. The summed E-state index contributed by atoms with van der Waals surface area (Å²) in [6.45, 7) is 1.67. The van der Waals surface area contributed by atoms with Gasteiger partial charge in [0.2, 0.25) is 11.7 Å². The molecule has 0 spiro atoms. The molecule has 0 aliphatic heterocycles. The van der Waals surface area contributed by atoms with Crippen molar-refractivity contribution in [1.82, 2.24) is 14.8 Å². The van der Waals surface area contributed by atoms with Gasteiger partial charge >= 0.3 is 5.69 Å². The Morgan fingerprint density at radius 2 is 1.89 bits per heavy atom. The number of methoxy groups -OCH3 is 1. The van der Waals surface area contributed by atoms with E-state index in [1.54, 1.807) is 14.0 Å². The highest BCUT2D eigenvalue weighted by Gasteiger charge is 2.23. The Balaban J connectivity index is 1.62. The second-order valence-electron chi connectivity index (χ2n) is 7.38. The summed E-state index contributed by atoms with van der Waals surface area (Å²) in [6, 6.07) is 20.1. The van der Waals surface area contributed by atoms with E-state index in [2.05, 4.69) is 15.5 Å². The maximum Gasteiger partial charge on any atom is 0.306 e. The Hall–Kier alpha value is -4.25. The van der Waals surface area contributed by atoms with Crippen molar-refractivity contribution in [3.8, 4) is 22.8 Å². The Bertz CT molecular complexity index is 1380. The van der Waals surface area contributed by atoms with Crippen LogP contribution in [0.15, 0.2) is 78.0 Å². The smallest absolute Gasteiger partial charge is 0.306 e. The lowest BCUT2D eigenvalue weighted by molar-refractivity contribution is -0.387. The van der Waals surface area contributed by atoms with E-state index in [-0.39, 0.29) is 5.69 Å². The quantitative estimate of drug-likeness (QED) is 0.206.